The minimum Gasteiger partial charge on any atom is -0.491 e. The first-order chi connectivity index (χ1) is 17.5. The van der Waals surface area contributed by atoms with Crippen molar-refractivity contribution in [2.75, 3.05) is 32.9 Å². The number of hydrogen-bond donors (Lipinski definition) is 4. The molecular weight excluding hydrogens is 476 g/mol. The van der Waals surface area contributed by atoms with Gasteiger partial charge in [-0.1, -0.05) is 24.3 Å². The zero-order valence-corrected chi connectivity index (χ0v) is 22.5. The van der Waals surface area contributed by atoms with E-state index < -0.39 is 11.7 Å². The molecule has 0 radical (unpaired) electrons. The average molecular weight is 519 g/mol. The highest BCUT2D eigenvalue weighted by atomic mass is 16.6. The molecule has 2 rings (SSSR count). The minimum absolute atomic E-state index is 0.215. The summed E-state index contributed by atoms with van der Waals surface area (Å²) in [5.74, 6) is 0.231. The molecule has 1 fully saturated rings. The van der Waals surface area contributed by atoms with Gasteiger partial charge in [0.25, 0.3) is 0 Å². The molecular formula is C27H42N4O6. The van der Waals surface area contributed by atoms with Gasteiger partial charge in [0.2, 0.25) is 11.8 Å². The summed E-state index contributed by atoms with van der Waals surface area (Å²) in [5, 5.41) is 11.6. The van der Waals surface area contributed by atoms with Crippen molar-refractivity contribution < 1.29 is 28.6 Å². The van der Waals surface area contributed by atoms with E-state index in [-0.39, 0.29) is 23.9 Å². The summed E-state index contributed by atoms with van der Waals surface area (Å²) in [6.45, 7) is 14.6. The quantitative estimate of drug-likeness (QED) is 0.158. The van der Waals surface area contributed by atoms with Gasteiger partial charge >= 0.3 is 6.09 Å². The second kappa shape index (κ2) is 15.3. The summed E-state index contributed by atoms with van der Waals surface area (Å²) in [5.41, 5.74) is 1.37. The van der Waals surface area contributed by atoms with Gasteiger partial charge in [-0.3, -0.25) is 14.9 Å². The van der Waals surface area contributed by atoms with Gasteiger partial charge in [0.15, 0.2) is 0 Å². The second-order valence-corrected chi connectivity index (χ2v) is 10.2. The SMILES string of the molecule is C=C(CNC1CCC(=O)NC1=O)CC(C)NCCOCCOc1cccc(CNC(=O)OC(C)(C)C)c1. The number of imide groups is 1. The van der Waals surface area contributed by atoms with Crippen LogP contribution in [0.5, 0.6) is 5.75 Å². The zero-order chi connectivity index (χ0) is 27.3. The molecule has 37 heavy (non-hydrogen) atoms. The number of piperidine rings is 1. The lowest BCUT2D eigenvalue weighted by atomic mass is 10.0. The highest BCUT2D eigenvalue weighted by molar-refractivity contribution is 6.00. The third kappa shape index (κ3) is 13.2. The van der Waals surface area contributed by atoms with Crippen LogP contribution in [-0.2, 0) is 25.6 Å². The Hall–Kier alpha value is -2.95. The van der Waals surface area contributed by atoms with Crippen molar-refractivity contribution in [1.82, 2.24) is 21.3 Å². The fourth-order valence-electron chi connectivity index (χ4n) is 3.66. The van der Waals surface area contributed by atoms with E-state index in [9.17, 15) is 14.4 Å². The van der Waals surface area contributed by atoms with Gasteiger partial charge in [-0.25, -0.2) is 4.79 Å². The Morgan fingerprint density at radius 1 is 1.22 bits per heavy atom. The van der Waals surface area contributed by atoms with E-state index in [1.165, 1.54) is 0 Å². The highest BCUT2D eigenvalue weighted by Crippen LogP contribution is 2.14. The molecule has 0 bridgehead atoms. The molecule has 2 unspecified atom stereocenters. The zero-order valence-electron chi connectivity index (χ0n) is 22.5. The van der Waals surface area contributed by atoms with Gasteiger partial charge in [-0.2, -0.15) is 0 Å². The van der Waals surface area contributed by atoms with Crippen molar-refractivity contribution in [2.45, 2.75) is 71.2 Å². The molecule has 1 aromatic carbocycles. The van der Waals surface area contributed by atoms with Crippen LogP contribution in [0.4, 0.5) is 4.79 Å². The van der Waals surface area contributed by atoms with Crippen LogP contribution in [0.15, 0.2) is 36.4 Å². The molecule has 10 heteroatoms. The minimum atomic E-state index is -0.534. The molecule has 2 atom stereocenters. The topological polar surface area (TPSA) is 127 Å². The second-order valence-electron chi connectivity index (χ2n) is 10.2. The first-order valence-electron chi connectivity index (χ1n) is 12.8. The predicted molar refractivity (Wildman–Crippen MR) is 141 cm³/mol. The summed E-state index contributed by atoms with van der Waals surface area (Å²) < 4.78 is 16.6. The van der Waals surface area contributed by atoms with Crippen molar-refractivity contribution in [1.29, 1.82) is 0 Å². The number of benzene rings is 1. The largest absolute Gasteiger partial charge is 0.491 e. The van der Waals surface area contributed by atoms with Gasteiger partial charge < -0.3 is 30.2 Å². The Balaban J connectivity index is 1.52. The Kier molecular flexibility index (Phi) is 12.5. The molecule has 1 aliphatic heterocycles. The van der Waals surface area contributed by atoms with E-state index in [0.29, 0.717) is 58.0 Å². The van der Waals surface area contributed by atoms with Crippen molar-refractivity contribution >= 4 is 17.9 Å². The monoisotopic (exact) mass is 518 g/mol. The molecule has 1 heterocycles. The maximum atomic E-state index is 11.8. The molecule has 1 aliphatic rings. The van der Waals surface area contributed by atoms with E-state index in [2.05, 4.69) is 34.8 Å². The molecule has 206 valence electrons. The van der Waals surface area contributed by atoms with Gasteiger partial charge in [0, 0.05) is 32.1 Å². The van der Waals surface area contributed by atoms with E-state index in [1.54, 1.807) is 0 Å². The van der Waals surface area contributed by atoms with Gasteiger partial charge in [0.05, 0.1) is 19.3 Å². The number of carbonyl (C=O) groups is 3. The number of ether oxygens (including phenoxy) is 3. The number of amides is 3. The molecule has 4 N–H and O–H groups in total. The Labute approximate surface area is 219 Å². The normalized spacial score (nSPS) is 16.6. The molecule has 0 aliphatic carbocycles. The molecule has 1 aromatic rings. The molecule has 3 amide bonds. The predicted octanol–water partition coefficient (Wildman–Crippen LogP) is 2.43. The maximum Gasteiger partial charge on any atom is 0.407 e. The van der Waals surface area contributed by atoms with Gasteiger partial charge in [0.1, 0.15) is 18.0 Å². The van der Waals surface area contributed by atoms with Crippen LogP contribution in [0.1, 0.15) is 52.5 Å². The average Bonchev–Trinajstić information content (AvgIpc) is 2.81. The van der Waals surface area contributed by atoms with Crippen LogP contribution in [0.25, 0.3) is 0 Å². The number of nitrogens with one attached hydrogen (secondary N) is 4. The standard InChI is InChI=1S/C27H42N4O6/c1-19(17-29-23-9-10-24(32)31-25(23)33)15-20(2)28-11-12-35-13-14-36-22-8-6-7-21(16-22)18-30-26(34)37-27(3,4)5/h6-8,16,20,23,28-29H,1,9-15,17-18H2,2-5H3,(H,30,34)(H,31,32,33). The van der Waals surface area contributed by atoms with Crippen molar-refractivity contribution in [3.63, 3.8) is 0 Å². The van der Waals surface area contributed by atoms with Crippen LogP contribution < -0.4 is 26.0 Å². The Morgan fingerprint density at radius 3 is 2.73 bits per heavy atom. The van der Waals surface area contributed by atoms with Gasteiger partial charge in [-0.15, -0.1) is 0 Å². The fourth-order valence-corrected chi connectivity index (χ4v) is 3.66. The van der Waals surface area contributed by atoms with Gasteiger partial charge in [-0.05, 0) is 58.2 Å². The Morgan fingerprint density at radius 2 is 2.00 bits per heavy atom. The number of hydrogen-bond acceptors (Lipinski definition) is 8. The summed E-state index contributed by atoms with van der Waals surface area (Å²) in [7, 11) is 0. The van der Waals surface area contributed by atoms with Crippen LogP contribution in [0.2, 0.25) is 0 Å². The Bertz CT molecular complexity index is 914. The fraction of sp³-hybridized carbons (Fsp3) is 0.593. The first-order valence-corrected chi connectivity index (χ1v) is 12.8. The molecule has 0 aromatic heterocycles. The smallest absolute Gasteiger partial charge is 0.407 e. The van der Waals surface area contributed by atoms with E-state index in [4.69, 9.17) is 14.2 Å². The molecule has 0 spiro atoms. The number of rotatable bonds is 15. The molecule has 0 saturated carbocycles. The third-order valence-corrected chi connectivity index (χ3v) is 5.40. The number of alkyl carbamates (subject to hydrolysis) is 1. The third-order valence-electron chi connectivity index (χ3n) is 5.40. The van der Waals surface area contributed by atoms with Crippen LogP contribution >= 0.6 is 0 Å². The molecule has 10 nitrogen and oxygen atoms in total. The summed E-state index contributed by atoms with van der Waals surface area (Å²) in [6.07, 6.45) is 1.19. The lowest BCUT2D eigenvalue weighted by Crippen LogP contribution is -2.51. The van der Waals surface area contributed by atoms with E-state index in [0.717, 1.165) is 17.6 Å². The summed E-state index contributed by atoms with van der Waals surface area (Å²) >= 11 is 0. The molecule has 1 saturated heterocycles. The van der Waals surface area contributed by atoms with Crippen molar-refractivity contribution in [2.24, 2.45) is 0 Å². The lowest BCUT2D eigenvalue weighted by molar-refractivity contribution is -0.134. The first kappa shape index (κ1) is 30.3. The summed E-state index contributed by atoms with van der Waals surface area (Å²) in [4.78, 5) is 34.8. The van der Waals surface area contributed by atoms with Crippen molar-refractivity contribution in [3.05, 3.63) is 42.0 Å². The van der Waals surface area contributed by atoms with Crippen LogP contribution in [0, 0.1) is 0 Å². The van der Waals surface area contributed by atoms with Crippen molar-refractivity contribution in [3.8, 4) is 5.75 Å². The summed E-state index contributed by atoms with van der Waals surface area (Å²) in [6, 6.07) is 7.40. The highest BCUT2D eigenvalue weighted by Gasteiger charge is 2.25. The van der Waals surface area contributed by atoms with E-state index >= 15 is 0 Å². The lowest BCUT2D eigenvalue weighted by Gasteiger charge is -2.23. The number of carbonyl (C=O) groups excluding carboxylic acids is 3. The van der Waals surface area contributed by atoms with Crippen LogP contribution in [0.3, 0.4) is 0 Å². The van der Waals surface area contributed by atoms with E-state index in [1.807, 2.05) is 45.0 Å². The maximum absolute atomic E-state index is 11.8. The van der Waals surface area contributed by atoms with Crippen LogP contribution in [-0.4, -0.2) is 68.5 Å².